The molecule has 2 aromatic rings. The molecule has 1 aromatic carbocycles. The van der Waals surface area contributed by atoms with Crippen LogP contribution in [0.5, 0.6) is 0 Å². The molecule has 7 heteroatoms. The van der Waals surface area contributed by atoms with E-state index in [9.17, 15) is 8.42 Å². The largest absolute Gasteiger partial charge is 0.444 e. The van der Waals surface area contributed by atoms with Gasteiger partial charge < -0.3 is 4.42 Å². The van der Waals surface area contributed by atoms with Gasteiger partial charge in [0.15, 0.2) is 12.2 Å². The van der Waals surface area contributed by atoms with Crippen molar-refractivity contribution in [2.24, 2.45) is 5.84 Å². The Morgan fingerprint density at radius 2 is 2.19 bits per heavy atom. The minimum absolute atomic E-state index is 0.0731. The fourth-order valence-electron chi connectivity index (χ4n) is 1.24. The Bertz CT molecular complexity index is 578. The molecule has 0 radical (unpaired) electrons. The van der Waals surface area contributed by atoms with Gasteiger partial charge in [-0.15, -0.1) is 0 Å². The predicted molar refractivity (Wildman–Crippen MR) is 56.4 cm³/mol. The minimum Gasteiger partial charge on any atom is -0.444 e. The molecule has 0 saturated carbocycles. The molecule has 6 nitrogen and oxygen atoms in total. The Morgan fingerprint density at radius 3 is 2.81 bits per heavy atom. The van der Waals surface area contributed by atoms with E-state index in [0.29, 0.717) is 11.3 Å². The molecule has 1 heterocycles. The Labute approximate surface area is 92.1 Å². The number of nitrogens with two attached hydrogens (primary N) is 1. The average Bonchev–Trinajstić information content (AvgIpc) is 2.83. The van der Waals surface area contributed by atoms with E-state index < -0.39 is 10.0 Å². The lowest BCUT2D eigenvalue weighted by Crippen LogP contribution is -2.30. The van der Waals surface area contributed by atoms with Gasteiger partial charge in [0.1, 0.15) is 0 Å². The van der Waals surface area contributed by atoms with Gasteiger partial charge in [-0.1, -0.05) is 12.1 Å². The van der Waals surface area contributed by atoms with E-state index in [1.165, 1.54) is 24.7 Å². The summed E-state index contributed by atoms with van der Waals surface area (Å²) in [7, 11) is -3.65. The summed E-state index contributed by atoms with van der Waals surface area (Å²) in [5, 5.41) is 0. The highest BCUT2D eigenvalue weighted by Gasteiger charge is 2.13. The number of hydrazine groups is 1. The van der Waals surface area contributed by atoms with E-state index in [1.54, 1.807) is 17.0 Å². The van der Waals surface area contributed by atoms with Gasteiger partial charge >= 0.3 is 0 Å². The van der Waals surface area contributed by atoms with Crippen molar-refractivity contribution in [3.63, 3.8) is 0 Å². The van der Waals surface area contributed by atoms with Crippen LogP contribution in [0, 0.1) is 0 Å². The normalized spacial score (nSPS) is 11.6. The molecule has 0 unspecified atom stereocenters. The molecule has 0 spiro atoms. The smallest absolute Gasteiger partial charge is 0.253 e. The first-order chi connectivity index (χ1) is 7.63. The lowest BCUT2D eigenvalue weighted by molar-refractivity contribution is 0.571. The Kier molecular flexibility index (Phi) is 2.73. The van der Waals surface area contributed by atoms with Crippen molar-refractivity contribution < 1.29 is 12.8 Å². The van der Waals surface area contributed by atoms with Gasteiger partial charge in [0.25, 0.3) is 10.0 Å². The van der Waals surface area contributed by atoms with Crippen molar-refractivity contribution in [1.29, 1.82) is 0 Å². The summed E-state index contributed by atoms with van der Waals surface area (Å²) in [6, 6.07) is 6.21. The molecule has 0 bridgehead atoms. The van der Waals surface area contributed by atoms with E-state index in [1.807, 2.05) is 0 Å². The van der Waals surface area contributed by atoms with Crippen LogP contribution in [0.15, 0.2) is 46.2 Å². The summed E-state index contributed by atoms with van der Waals surface area (Å²) < 4.78 is 27.9. The quantitative estimate of drug-likeness (QED) is 0.600. The predicted octanol–water partition coefficient (Wildman–Crippen LogP) is 0.494. The van der Waals surface area contributed by atoms with Gasteiger partial charge in [-0.25, -0.2) is 13.4 Å². The Morgan fingerprint density at radius 1 is 1.38 bits per heavy atom. The first-order valence-electron chi connectivity index (χ1n) is 4.35. The second kappa shape index (κ2) is 4.05. The maximum Gasteiger partial charge on any atom is 0.253 e. The third-order valence-corrected chi connectivity index (χ3v) is 3.20. The summed E-state index contributed by atoms with van der Waals surface area (Å²) in [5.74, 6) is 5.43. The number of oxazole rings is 1. The maximum atomic E-state index is 11.4. The molecule has 0 fully saturated rings. The third-order valence-electron chi connectivity index (χ3n) is 2.02. The SMILES string of the molecule is NNS(=O)(=O)c1cccc(-c2cnco2)c1. The molecule has 1 aromatic heterocycles. The van der Waals surface area contributed by atoms with Crippen LogP contribution in [-0.4, -0.2) is 13.4 Å². The van der Waals surface area contributed by atoms with Crippen LogP contribution in [0.1, 0.15) is 0 Å². The highest BCUT2D eigenvalue weighted by atomic mass is 32.2. The van der Waals surface area contributed by atoms with Crippen LogP contribution < -0.4 is 10.7 Å². The van der Waals surface area contributed by atoms with Gasteiger partial charge in [-0.2, -0.15) is 4.83 Å². The molecule has 0 aliphatic carbocycles. The molecule has 16 heavy (non-hydrogen) atoms. The summed E-state index contributed by atoms with van der Waals surface area (Å²) in [6.45, 7) is 0. The van der Waals surface area contributed by atoms with Crippen molar-refractivity contribution in [3.05, 3.63) is 36.9 Å². The molecule has 84 valence electrons. The molecular formula is C9H9N3O3S. The second-order valence-electron chi connectivity index (χ2n) is 3.01. The summed E-state index contributed by atoms with van der Waals surface area (Å²) in [6.07, 6.45) is 2.78. The van der Waals surface area contributed by atoms with Gasteiger partial charge in [0.05, 0.1) is 11.1 Å². The van der Waals surface area contributed by atoms with Gasteiger partial charge in [0.2, 0.25) is 0 Å². The van der Waals surface area contributed by atoms with Crippen LogP contribution in [0.4, 0.5) is 0 Å². The van der Waals surface area contributed by atoms with Crippen LogP contribution in [0.2, 0.25) is 0 Å². The number of hydrogen-bond donors (Lipinski definition) is 2. The van der Waals surface area contributed by atoms with Crippen LogP contribution in [0.25, 0.3) is 11.3 Å². The zero-order valence-corrected chi connectivity index (χ0v) is 8.94. The first kappa shape index (κ1) is 10.8. The average molecular weight is 239 g/mol. The van der Waals surface area contributed by atoms with Gasteiger partial charge in [0, 0.05) is 5.56 Å². The van der Waals surface area contributed by atoms with E-state index >= 15 is 0 Å². The van der Waals surface area contributed by atoms with Crippen molar-refractivity contribution in [2.75, 3.05) is 0 Å². The monoisotopic (exact) mass is 239 g/mol. The summed E-state index contributed by atoms with van der Waals surface area (Å²) in [4.78, 5) is 5.58. The molecular weight excluding hydrogens is 230 g/mol. The van der Waals surface area contributed by atoms with Crippen molar-refractivity contribution in [1.82, 2.24) is 9.82 Å². The van der Waals surface area contributed by atoms with E-state index in [0.717, 1.165) is 0 Å². The number of nitrogens with one attached hydrogen (secondary N) is 1. The zero-order chi connectivity index (χ0) is 11.6. The molecule has 0 amide bonds. The van der Waals surface area contributed by atoms with E-state index in [-0.39, 0.29) is 4.90 Å². The van der Waals surface area contributed by atoms with Crippen LogP contribution in [0.3, 0.4) is 0 Å². The van der Waals surface area contributed by atoms with Crippen molar-refractivity contribution in [2.45, 2.75) is 4.90 Å². The second-order valence-corrected chi connectivity index (χ2v) is 4.73. The Balaban J connectivity index is 2.50. The van der Waals surface area contributed by atoms with E-state index in [4.69, 9.17) is 10.3 Å². The molecule has 0 atom stereocenters. The molecule has 0 aliphatic heterocycles. The number of nitrogens with zero attached hydrogens (tertiary/aromatic N) is 1. The minimum atomic E-state index is -3.65. The van der Waals surface area contributed by atoms with Gasteiger partial charge in [-0.05, 0) is 12.1 Å². The summed E-state index contributed by atoms with van der Waals surface area (Å²) >= 11 is 0. The van der Waals surface area contributed by atoms with Crippen molar-refractivity contribution >= 4 is 10.0 Å². The fraction of sp³-hybridized carbons (Fsp3) is 0. The van der Waals surface area contributed by atoms with Gasteiger partial charge in [-0.3, -0.25) is 5.84 Å². The number of sulfonamides is 1. The molecule has 2 rings (SSSR count). The standard InChI is InChI=1S/C9H9N3O3S/c10-12-16(13,14)8-3-1-2-7(4-8)9-5-11-6-15-9/h1-6,12H,10H2. The maximum absolute atomic E-state index is 11.4. The lowest BCUT2D eigenvalue weighted by Gasteiger charge is -2.03. The number of benzene rings is 1. The molecule has 0 saturated heterocycles. The summed E-state index contributed by atoms with van der Waals surface area (Å²) in [5.41, 5.74) is 0.619. The van der Waals surface area contributed by atoms with Crippen LogP contribution in [-0.2, 0) is 10.0 Å². The fourth-order valence-corrected chi connectivity index (χ4v) is 1.92. The highest BCUT2D eigenvalue weighted by molar-refractivity contribution is 7.89. The highest BCUT2D eigenvalue weighted by Crippen LogP contribution is 2.21. The van der Waals surface area contributed by atoms with Crippen molar-refractivity contribution in [3.8, 4) is 11.3 Å². The van der Waals surface area contributed by atoms with Crippen LogP contribution >= 0.6 is 0 Å². The zero-order valence-electron chi connectivity index (χ0n) is 8.12. The molecule has 3 N–H and O–H groups in total. The number of rotatable bonds is 3. The van der Waals surface area contributed by atoms with E-state index in [2.05, 4.69) is 4.98 Å². The first-order valence-corrected chi connectivity index (χ1v) is 5.83. The number of aromatic nitrogens is 1. The molecule has 0 aliphatic rings. The number of hydrogen-bond acceptors (Lipinski definition) is 5. The third kappa shape index (κ3) is 1.96. The Hall–Kier alpha value is -1.70. The topological polar surface area (TPSA) is 98.2 Å². The lowest BCUT2D eigenvalue weighted by atomic mass is 10.2.